The predicted molar refractivity (Wildman–Crippen MR) is 85.4 cm³/mol. The molecule has 0 amide bonds. The van der Waals surface area contributed by atoms with E-state index in [2.05, 4.69) is 50.4 Å². The van der Waals surface area contributed by atoms with Crippen LogP contribution in [0.2, 0.25) is 0 Å². The SMILES string of the molecule is CCCNC1(C#N)CCCC(Oc2cc(C)cc(C)c2)C1. The van der Waals surface area contributed by atoms with Crippen molar-refractivity contribution in [1.29, 1.82) is 5.26 Å². The minimum absolute atomic E-state index is 0.129. The van der Waals surface area contributed by atoms with Gasteiger partial charge in [-0.2, -0.15) is 5.26 Å². The normalized spacial score (nSPS) is 25.3. The first-order chi connectivity index (χ1) is 10.1. The van der Waals surface area contributed by atoms with Gasteiger partial charge in [-0.25, -0.2) is 0 Å². The molecule has 0 bridgehead atoms. The maximum atomic E-state index is 9.57. The van der Waals surface area contributed by atoms with Gasteiger partial charge in [0.2, 0.25) is 0 Å². The standard InChI is InChI=1S/C18H26N2O/c1-4-8-20-18(13-19)7-5-6-16(12-18)21-17-10-14(2)9-15(3)11-17/h9-11,16,20H,4-8,12H2,1-3H3. The average molecular weight is 286 g/mol. The van der Waals surface area contributed by atoms with Crippen LogP contribution < -0.4 is 10.1 Å². The van der Waals surface area contributed by atoms with Crippen LogP contribution >= 0.6 is 0 Å². The van der Waals surface area contributed by atoms with Crippen molar-refractivity contribution in [3.8, 4) is 11.8 Å². The van der Waals surface area contributed by atoms with E-state index in [4.69, 9.17) is 4.74 Å². The van der Waals surface area contributed by atoms with Gasteiger partial charge in [-0.05, 0) is 69.3 Å². The molecular formula is C18H26N2O. The van der Waals surface area contributed by atoms with Gasteiger partial charge in [-0.1, -0.05) is 13.0 Å². The van der Waals surface area contributed by atoms with E-state index < -0.39 is 5.54 Å². The number of hydrogen-bond donors (Lipinski definition) is 1. The van der Waals surface area contributed by atoms with Crippen molar-refractivity contribution in [2.75, 3.05) is 6.54 Å². The van der Waals surface area contributed by atoms with Gasteiger partial charge < -0.3 is 4.74 Å². The summed E-state index contributed by atoms with van der Waals surface area (Å²) in [4.78, 5) is 0. The van der Waals surface area contributed by atoms with Crippen LogP contribution in [0.25, 0.3) is 0 Å². The molecule has 21 heavy (non-hydrogen) atoms. The van der Waals surface area contributed by atoms with Crippen molar-refractivity contribution in [2.45, 2.75) is 64.5 Å². The summed E-state index contributed by atoms with van der Waals surface area (Å²) in [5, 5.41) is 13.0. The molecule has 1 aliphatic rings. The van der Waals surface area contributed by atoms with E-state index >= 15 is 0 Å². The Balaban J connectivity index is 2.05. The quantitative estimate of drug-likeness (QED) is 0.893. The largest absolute Gasteiger partial charge is 0.490 e. The van der Waals surface area contributed by atoms with Crippen LogP contribution in [0.5, 0.6) is 5.75 Å². The molecule has 0 radical (unpaired) electrons. The number of benzene rings is 1. The molecule has 1 aromatic rings. The molecule has 114 valence electrons. The van der Waals surface area contributed by atoms with Gasteiger partial charge in [0.1, 0.15) is 17.4 Å². The molecule has 2 rings (SSSR count). The van der Waals surface area contributed by atoms with Gasteiger partial charge in [0.15, 0.2) is 0 Å². The molecule has 0 aliphatic heterocycles. The lowest BCUT2D eigenvalue weighted by Crippen LogP contribution is -2.50. The maximum absolute atomic E-state index is 9.57. The Kier molecular flexibility index (Phi) is 5.25. The second kappa shape index (κ2) is 6.95. The number of ether oxygens (including phenoxy) is 1. The van der Waals surface area contributed by atoms with Crippen molar-refractivity contribution in [1.82, 2.24) is 5.32 Å². The first kappa shape index (κ1) is 15.9. The Labute approximate surface area is 128 Å². The van der Waals surface area contributed by atoms with E-state index in [0.29, 0.717) is 0 Å². The van der Waals surface area contributed by atoms with E-state index in [9.17, 15) is 5.26 Å². The summed E-state index contributed by atoms with van der Waals surface area (Å²) in [5.41, 5.74) is 2.03. The Bertz CT molecular complexity index is 500. The zero-order valence-corrected chi connectivity index (χ0v) is 13.4. The molecule has 1 aliphatic carbocycles. The van der Waals surface area contributed by atoms with Crippen LogP contribution in [-0.2, 0) is 0 Å². The number of nitrogens with one attached hydrogen (secondary N) is 1. The Morgan fingerprint density at radius 1 is 1.33 bits per heavy atom. The van der Waals surface area contributed by atoms with Crippen molar-refractivity contribution >= 4 is 0 Å². The van der Waals surface area contributed by atoms with Crippen LogP contribution in [-0.4, -0.2) is 18.2 Å². The Morgan fingerprint density at radius 3 is 2.67 bits per heavy atom. The second-order valence-electron chi connectivity index (χ2n) is 6.28. The molecule has 1 aromatic carbocycles. The minimum Gasteiger partial charge on any atom is -0.490 e. The van der Waals surface area contributed by atoms with Crippen LogP contribution in [0, 0.1) is 25.2 Å². The lowest BCUT2D eigenvalue weighted by atomic mass is 9.81. The van der Waals surface area contributed by atoms with Crippen molar-refractivity contribution < 1.29 is 4.74 Å². The number of nitriles is 1. The molecule has 1 saturated carbocycles. The summed E-state index contributed by atoms with van der Waals surface area (Å²) in [6, 6.07) is 8.81. The Morgan fingerprint density at radius 2 is 2.05 bits per heavy atom. The van der Waals surface area contributed by atoms with Crippen LogP contribution in [0.1, 0.15) is 50.2 Å². The van der Waals surface area contributed by atoms with E-state index in [0.717, 1.165) is 44.4 Å². The monoisotopic (exact) mass is 286 g/mol. The third-order valence-electron chi connectivity index (χ3n) is 4.13. The number of aryl methyl sites for hydroxylation is 2. The first-order valence-electron chi connectivity index (χ1n) is 7.98. The van der Waals surface area contributed by atoms with Gasteiger partial charge >= 0.3 is 0 Å². The number of rotatable bonds is 5. The van der Waals surface area contributed by atoms with Gasteiger partial charge in [0.25, 0.3) is 0 Å². The minimum atomic E-state index is -0.405. The first-order valence-corrected chi connectivity index (χ1v) is 7.98. The van der Waals surface area contributed by atoms with Crippen molar-refractivity contribution in [3.63, 3.8) is 0 Å². The molecule has 3 nitrogen and oxygen atoms in total. The van der Waals surface area contributed by atoms with E-state index in [1.807, 2.05) is 0 Å². The topological polar surface area (TPSA) is 45.0 Å². The molecule has 0 aromatic heterocycles. The fourth-order valence-electron chi connectivity index (χ4n) is 3.18. The summed E-state index contributed by atoms with van der Waals surface area (Å²) in [6.07, 6.45) is 4.95. The highest BCUT2D eigenvalue weighted by Crippen LogP contribution is 2.31. The summed E-state index contributed by atoms with van der Waals surface area (Å²) in [7, 11) is 0. The average Bonchev–Trinajstić information content (AvgIpc) is 2.44. The highest BCUT2D eigenvalue weighted by molar-refractivity contribution is 5.33. The molecule has 1 fully saturated rings. The van der Waals surface area contributed by atoms with Crippen molar-refractivity contribution in [2.24, 2.45) is 0 Å². The molecule has 0 saturated heterocycles. The third-order valence-corrected chi connectivity index (χ3v) is 4.13. The van der Waals surface area contributed by atoms with Gasteiger partial charge in [-0.3, -0.25) is 5.32 Å². The summed E-state index contributed by atoms with van der Waals surface area (Å²) in [5.74, 6) is 0.932. The number of nitrogens with zero attached hydrogens (tertiary/aromatic N) is 1. The molecular weight excluding hydrogens is 260 g/mol. The second-order valence-corrected chi connectivity index (χ2v) is 6.28. The molecule has 1 N–H and O–H groups in total. The van der Waals surface area contributed by atoms with E-state index in [1.165, 1.54) is 11.1 Å². The lowest BCUT2D eigenvalue weighted by Gasteiger charge is -2.36. The lowest BCUT2D eigenvalue weighted by molar-refractivity contribution is 0.112. The fraction of sp³-hybridized carbons (Fsp3) is 0.611. The fourth-order valence-corrected chi connectivity index (χ4v) is 3.18. The molecule has 0 heterocycles. The van der Waals surface area contributed by atoms with E-state index in [1.54, 1.807) is 0 Å². The van der Waals surface area contributed by atoms with E-state index in [-0.39, 0.29) is 6.10 Å². The zero-order valence-electron chi connectivity index (χ0n) is 13.4. The summed E-state index contributed by atoms with van der Waals surface area (Å²) < 4.78 is 6.16. The maximum Gasteiger partial charge on any atom is 0.120 e. The highest BCUT2D eigenvalue weighted by Gasteiger charge is 2.37. The van der Waals surface area contributed by atoms with Crippen LogP contribution in [0.3, 0.4) is 0 Å². The molecule has 0 spiro atoms. The Hall–Kier alpha value is -1.53. The predicted octanol–water partition coefficient (Wildman–Crippen LogP) is 3.89. The van der Waals surface area contributed by atoms with Crippen LogP contribution in [0.4, 0.5) is 0 Å². The summed E-state index contributed by atoms with van der Waals surface area (Å²) >= 11 is 0. The van der Waals surface area contributed by atoms with Gasteiger partial charge in [-0.15, -0.1) is 0 Å². The van der Waals surface area contributed by atoms with Gasteiger partial charge in [0.05, 0.1) is 6.07 Å². The van der Waals surface area contributed by atoms with Gasteiger partial charge in [0, 0.05) is 6.42 Å². The van der Waals surface area contributed by atoms with Crippen LogP contribution in [0.15, 0.2) is 18.2 Å². The third kappa shape index (κ3) is 4.22. The molecule has 2 atom stereocenters. The highest BCUT2D eigenvalue weighted by atomic mass is 16.5. The summed E-state index contributed by atoms with van der Waals surface area (Å²) in [6.45, 7) is 7.19. The molecule has 3 heteroatoms. The van der Waals surface area contributed by atoms with Crippen molar-refractivity contribution in [3.05, 3.63) is 29.3 Å². The molecule has 2 unspecified atom stereocenters. The zero-order chi connectivity index (χ0) is 15.3. The number of hydrogen-bond acceptors (Lipinski definition) is 3. The smallest absolute Gasteiger partial charge is 0.120 e.